The molecule has 1 fully saturated rings. The van der Waals surface area contributed by atoms with Gasteiger partial charge in [-0.25, -0.2) is 0 Å². The van der Waals surface area contributed by atoms with Crippen LogP contribution >= 0.6 is 11.8 Å². The van der Waals surface area contributed by atoms with E-state index in [0.29, 0.717) is 12.8 Å². The van der Waals surface area contributed by atoms with Crippen LogP contribution < -0.4 is 16.0 Å². The van der Waals surface area contributed by atoms with Crippen LogP contribution in [0.25, 0.3) is 0 Å². The number of nitrogens with one attached hydrogen (secondary N) is 3. The van der Waals surface area contributed by atoms with Crippen molar-refractivity contribution < 1.29 is 23.9 Å². The molecule has 38 heavy (non-hydrogen) atoms. The lowest BCUT2D eigenvalue weighted by atomic mass is 10.0. The number of unbranched alkanes of at least 4 members (excludes halogenated alkanes) is 12. The van der Waals surface area contributed by atoms with E-state index in [1.165, 1.54) is 70.3 Å². The van der Waals surface area contributed by atoms with Crippen LogP contribution in [0.3, 0.4) is 0 Å². The summed E-state index contributed by atoms with van der Waals surface area (Å²) in [6.45, 7) is 6.24. The molecule has 0 spiro atoms. The van der Waals surface area contributed by atoms with Gasteiger partial charge >= 0.3 is 5.97 Å². The molecule has 0 aromatic carbocycles. The fourth-order valence-electron chi connectivity index (χ4n) is 4.38. The minimum atomic E-state index is -0.905. The Labute approximate surface area is 234 Å². The molecular formula is C29H51N3O5S. The summed E-state index contributed by atoms with van der Waals surface area (Å²) in [6, 6.07) is -1.24. The molecular weight excluding hydrogens is 502 g/mol. The number of carbonyl (C=O) groups is 4. The van der Waals surface area contributed by atoms with E-state index in [1.54, 1.807) is 0 Å². The second-order valence-electron chi connectivity index (χ2n) is 10.1. The summed E-state index contributed by atoms with van der Waals surface area (Å²) in [6.07, 6.45) is 19.8. The maximum atomic E-state index is 12.7. The number of esters is 1. The lowest BCUT2D eigenvalue weighted by Gasteiger charge is -2.20. The van der Waals surface area contributed by atoms with Gasteiger partial charge < -0.3 is 20.7 Å². The molecule has 0 aromatic rings. The molecule has 0 bridgehead atoms. The fraction of sp³-hybridized carbons (Fsp3) is 0.793. The van der Waals surface area contributed by atoms with Crippen molar-refractivity contribution in [2.45, 2.75) is 122 Å². The van der Waals surface area contributed by atoms with Gasteiger partial charge in [-0.05, 0) is 25.8 Å². The van der Waals surface area contributed by atoms with Gasteiger partial charge in [-0.2, -0.15) is 0 Å². The summed E-state index contributed by atoms with van der Waals surface area (Å²) >= 11 is 1.07. The Kier molecular flexibility index (Phi) is 20.7. The molecule has 0 saturated carbocycles. The molecule has 8 nitrogen and oxygen atoms in total. The molecule has 0 aliphatic carbocycles. The zero-order valence-corrected chi connectivity index (χ0v) is 24.3. The topological polar surface area (TPSA) is 114 Å². The van der Waals surface area contributed by atoms with E-state index in [4.69, 9.17) is 4.74 Å². The van der Waals surface area contributed by atoms with Gasteiger partial charge in [0.05, 0.1) is 6.04 Å². The van der Waals surface area contributed by atoms with E-state index in [2.05, 4.69) is 29.5 Å². The molecule has 3 N–H and O–H groups in total. The summed E-state index contributed by atoms with van der Waals surface area (Å²) < 4.78 is 4.87. The van der Waals surface area contributed by atoms with Gasteiger partial charge in [0.2, 0.25) is 11.8 Å². The van der Waals surface area contributed by atoms with Crippen LogP contribution in [0, 0.1) is 0 Å². The van der Waals surface area contributed by atoms with Crippen molar-refractivity contribution in [1.82, 2.24) is 16.0 Å². The van der Waals surface area contributed by atoms with Crippen molar-refractivity contribution in [1.29, 1.82) is 0 Å². The molecule has 1 rings (SSSR count). The molecule has 1 saturated heterocycles. The third kappa shape index (κ3) is 17.6. The van der Waals surface area contributed by atoms with E-state index < -0.39 is 17.9 Å². The predicted octanol–water partition coefficient (Wildman–Crippen LogP) is 4.81. The van der Waals surface area contributed by atoms with Gasteiger partial charge in [0.15, 0.2) is 5.12 Å². The first-order chi connectivity index (χ1) is 18.5. The molecule has 1 heterocycles. The maximum absolute atomic E-state index is 12.7. The summed E-state index contributed by atoms with van der Waals surface area (Å²) in [5.74, 6) is -1.23. The fourth-order valence-corrected chi connectivity index (χ4v) is 5.26. The average molecular weight is 554 g/mol. The third-order valence-electron chi connectivity index (χ3n) is 6.67. The van der Waals surface area contributed by atoms with Crippen LogP contribution in [-0.2, 0) is 23.9 Å². The summed E-state index contributed by atoms with van der Waals surface area (Å²) in [4.78, 5) is 49.3. The summed E-state index contributed by atoms with van der Waals surface area (Å²) in [7, 11) is 0. The van der Waals surface area contributed by atoms with Crippen molar-refractivity contribution in [2.24, 2.45) is 0 Å². The van der Waals surface area contributed by atoms with E-state index in [9.17, 15) is 19.2 Å². The van der Waals surface area contributed by atoms with Gasteiger partial charge in [0, 0.05) is 12.2 Å². The van der Waals surface area contributed by atoms with Gasteiger partial charge in [0.1, 0.15) is 19.2 Å². The monoisotopic (exact) mass is 553 g/mol. The van der Waals surface area contributed by atoms with Gasteiger partial charge in [0.25, 0.3) is 0 Å². The van der Waals surface area contributed by atoms with Gasteiger partial charge in [-0.1, -0.05) is 108 Å². The van der Waals surface area contributed by atoms with Crippen LogP contribution in [0.4, 0.5) is 0 Å². The van der Waals surface area contributed by atoms with E-state index in [1.807, 2.05) is 0 Å². The Balaban J connectivity index is 2.24. The van der Waals surface area contributed by atoms with E-state index in [-0.39, 0.29) is 36.0 Å². The van der Waals surface area contributed by atoms with Crippen LogP contribution in [0.5, 0.6) is 0 Å². The SMILES string of the molecule is C=CCOC(=O)CNC(=O)[C@H](CSC(=O)CCCCCCCCCCCCCCC)NC(=O)[C@@H]1CCCN1. The molecule has 0 unspecified atom stereocenters. The number of thioether (sulfide) groups is 1. The Morgan fingerprint density at radius 3 is 2.13 bits per heavy atom. The van der Waals surface area contributed by atoms with Crippen molar-refractivity contribution >= 4 is 34.7 Å². The Hall–Kier alpha value is -1.87. The summed E-state index contributed by atoms with van der Waals surface area (Å²) in [5, 5.41) is 8.37. The molecule has 1 aliphatic rings. The Morgan fingerprint density at radius 1 is 0.974 bits per heavy atom. The molecule has 0 radical (unpaired) electrons. The molecule has 2 atom stereocenters. The standard InChI is InChI=1S/C29H51N3O5S/c1-3-5-6-7-8-9-10-11-12-13-14-15-16-19-27(34)38-23-25(32-29(36)24-18-17-20-30-24)28(35)31-22-26(33)37-21-4-2/h4,24-25,30H,2-3,5-23H2,1H3,(H,31,35)(H,32,36)/t24-,25-/m0/s1. The van der Waals surface area contributed by atoms with Gasteiger partial charge in [-0.3, -0.25) is 19.2 Å². The van der Waals surface area contributed by atoms with E-state index in [0.717, 1.165) is 44.0 Å². The molecule has 218 valence electrons. The van der Waals surface area contributed by atoms with Crippen LogP contribution in [0.2, 0.25) is 0 Å². The number of ether oxygens (including phenoxy) is 1. The minimum Gasteiger partial charge on any atom is -0.460 e. The number of amides is 2. The second-order valence-corrected chi connectivity index (χ2v) is 11.2. The second kappa shape index (κ2) is 23.1. The first kappa shape index (κ1) is 34.2. The highest BCUT2D eigenvalue weighted by Gasteiger charge is 2.28. The Bertz CT molecular complexity index is 698. The molecule has 9 heteroatoms. The van der Waals surface area contributed by atoms with Crippen molar-refractivity contribution in [3.63, 3.8) is 0 Å². The molecule has 2 amide bonds. The average Bonchev–Trinajstić information content (AvgIpc) is 3.46. The number of rotatable bonds is 23. The highest BCUT2D eigenvalue weighted by molar-refractivity contribution is 8.13. The lowest BCUT2D eigenvalue weighted by molar-refractivity contribution is -0.143. The number of hydrogen-bond acceptors (Lipinski definition) is 7. The van der Waals surface area contributed by atoms with Crippen molar-refractivity contribution in [3.8, 4) is 0 Å². The van der Waals surface area contributed by atoms with Crippen LogP contribution in [-0.4, -0.2) is 60.4 Å². The van der Waals surface area contributed by atoms with Gasteiger partial charge in [-0.15, -0.1) is 0 Å². The summed E-state index contributed by atoms with van der Waals surface area (Å²) in [5.41, 5.74) is 0. The zero-order chi connectivity index (χ0) is 27.8. The predicted molar refractivity (Wildman–Crippen MR) is 155 cm³/mol. The highest BCUT2D eigenvalue weighted by atomic mass is 32.2. The van der Waals surface area contributed by atoms with Crippen LogP contribution in [0.15, 0.2) is 12.7 Å². The molecule has 0 aromatic heterocycles. The maximum Gasteiger partial charge on any atom is 0.325 e. The first-order valence-corrected chi connectivity index (χ1v) is 15.7. The number of hydrogen-bond donors (Lipinski definition) is 3. The van der Waals surface area contributed by atoms with Crippen molar-refractivity contribution in [3.05, 3.63) is 12.7 Å². The van der Waals surface area contributed by atoms with Crippen molar-refractivity contribution in [2.75, 3.05) is 25.4 Å². The largest absolute Gasteiger partial charge is 0.460 e. The molecule has 1 aliphatic heterocycles. The first-order valence-electron chi connectivity index (χ1n) is 14.7. The minimum absolute atomic E-state index is 0.0181. The Morgan fingerprint density at radius 2 is 1.58 bits per heavy atom. The quantitative estimate of drug-likeness (QED) is 0.0945. The zero-order valence-electron chi connectivity index (χ0n) is 23.5. The highest BCUT2D eigenvalue weighted by Crippen LogP contribution is 2.15. The number of carbonyl (C=O) groups excluding carboxylic acids is 4. The normalized spacial score (nSPS) is 15.6. The van der Waals surface area contributed by atoms with Crippen LogP contribution in [0.1, 0.15) is 110 Å². The van der Waals surface area contributed by atoms with E-state index >= 15 is 0 Å². The smallest absolute Gasteiger partial charge is 0.325 e. The lowest BCUT2D eigenvalue weighted by Crippen LogP contribution is -2.53. The third-order valence-corrected chi connectivity index (χ3v) is 7.70.